The number of rotatable bonds is 4. The van der Waals surface area contributed by atoms with Crippen molar-refractivity contribution in [3.63, 3.8) is 0 Å². The molecule has 7 heteroatoms. The smallest absolute Gasteiger partial charge is 0.315 e. The molecule has 1 aromatic carbocycles. The third-order valence-electron chi connectivity index (χ3n) is 4.22. The zero-order valence-corrected chi connectivity index (χ0v) is 13.7. The molecule has 0 radical (unpaired) electrons. The minimum atomic E-state index is -0.509. The fourth-order valence-corrected chi connectivity index (χ4v) is 2.85. The maximum Gasteiger partial charge on any atom is 0.315 e. The van der Waals surface area contributed by atoms with E-state index in [4.69, 9.17) is 4.42 Å². The van der Waals surface area contributed by atoms with E-state index >= 15 is 0 Å². The lowest BCUT2D eigenvalue weighted by molar-refractivity contribution is 0.0703. The number of benzene rings is 1. The van der Waals surface area contributed by atoms with E-state index in [9.17, 15) is 14.0 Å². The molecule has 132 valence electrons. The first-order chi connectivity index (χ1) is 12.1. The number of halogens is 1. The Balaban J connectivity index is 1.44. The molecule has 25 heavy (non-hydrogen) atoms. The van der Waals surface area contributed by atoms with E-state index in [0.29, 0.717) is 38.2 Å². The van der Waals surface area contributed by atoms with Gasteiger partial charge in [0.1, 0.15) is 11.6 Å². The number of hydrogen-bond acceptors (Lipinski definition) is 3. The molecule has 3 rings (SSSR count). The Labute approximate surface area is 145 Å². The third kappa shape index (κ3) is 4.37. The van der Waals surface area contributed by atoms with E-state index in [1.54, 1.807) is 35.4 Å². The van der Waals surface area contributed by atoms with E-state index in [1.165, 1.54) is 12.1 Å². The van der Waals surface area contributed by atoms with Gasteiger partial charge in [-0.05, 0) is 37.1 Å². The van der Waals surface area contributed by atoms with Gasteiger partial charge in [0.25, 0.3) is 5.91 Å². The second kappa shape index (κ2) is 7.83. The molecule has 0 aliphatic carbocycles. The minimum absolute atomic E-state index is 0.0127. The van der Waals surface area contributed by atoms with Gasteiger partial charge in [0, 0.05) is 19.1 Å². The Morgan fingerprint density at radius 2 is 1.92 bits per heavy atom. The summed E-state index contributed by atoms with van der Waals surface area (Å²) in [7, 11) is 0. The Morgan fingerprint density at radius 3 is 2.60 bits per heavy atom. The van der Waals surface area contributed by atoms with Crippen molar-refractivity contribution >= 4 is 11.9 Å². The van der Waals surface area contributed by atoms with Crippen molar-refractivity contribution in [3.05, 3.63) is 59.8 Å². The Bertz CT molecular complexity index is 725. The van der Waals surface area contributed by atoms with Crippen LogP contribution in [0.4, 0.5) is 9.18 Å². The average molecular weight is 345 g/mol. The summed E-state index contributed by atoms with van der Waals surface area (Å²) in [6.07, 6.45) is 2.82. The SMILES string of the molecule is O=C(NCc1ccco1)NC1CCN(C(=O)c2ccccc2F)CC1. The lowest BCUT2D eigenvalue weighted by Gasteiger charge is -2.32. The van der Waals surface area contributed by atoms with Crippen LogP contribution < -0.4 is 10.6 Å². The Kier molecular flexibility index (Phi) is 5.33. The van der Waals surface area contributed by atoms with Gasteiger partial charge in [0.15, 0.2) is 0 Å². The molecule has 1 fully saturated rings. The van der Waals surface area contributed by atoms with Crippen molar-refractivity contribution in [1.82, 2.24) is 15.5 Å². The topological polar surface area (TPSA) is 74.6 Å². The number of nitrogens with zero attached hydrogens (tertiary/aromatic N) is 1. The maximum atomic E-state index is 13.7. The molecule has 0 spiro atoms. The Hall–Kier alpha value is -2.83. The van der Waals surface area contributed by atoms with Gasteiger partial charge in [0.2, 0.25) is 0 Å². The number of likely N-dealkylation sites (tertiary alicyclic amines) is 1. The number of carbonyl (C=O) groups excluding carboxylic acids is 2. The third-order valence-corrected chi connectivity index (χ3v) is 4.22. The van der Waals surface area contributed by atoms with E-state index < -0.39 is 5.82 Å². The molecular weight excluding hydrogens is 325 g/mol. The standard InChI is InChI=1S/C18H20FN3O3/c19-16-6-2-1-5-15(16)17(23)22-9-7-13(8-10-22)21-18(24)20-12-14-4-3-11-25-14/h1-6,11,13H,7-10,12H2,(H2,20,21,24). The Morgan fingerprint density at radius 1 is 1.16 bits per heavy atom. The number of amides is 3. The molecule has 2 heterocycles. The summed E-state index contributed by atoms with van der Waals surface area (Å²) in [5, 5.41) is 5.61. The fourth-order valence-electron chi connectivity index (χ4n) is 2.85. The van der Waals surface area contributed by atoms with E-state index in [1.807, 2.05) is 0 Å². The first kappa shape index (κ1) is 17.0. The van der Waals surface area contributed by atoms with E-state index in [2.05, 4.69) is 10.6 Å². The van der Waals surface area contributed by atoms with Gasteiger partial charge in [-0.15, -0.1) is 0 Å². The summed E-state index contributed by atoms with van der Waals surface area (Å²) in [6.45, 7) is 1.29. The van der Waals surface area contributed by atoms with Gasteiger partial charge < -0.3 is 20.0 Å². The first-order valence-electron chi connectivity index (χ1n) is 8.24. The molecule has 1 aliphatic heterocycles. The van der Waals surface area contributed by atoms with Gasteiger partial charge >= 0.3 is 6.03 Å². The maximum absolute atomic E-state index is 13.7. The summed E-state index contributed by atoms with van der Waals surface area (Å²) in [4.78, 5) is 25.9. The van der Waals surface area contributed by atoms with Gasteiger partial charge in [0.05, 0.1) is 18.4 Å². The largest absolute Gasteiger partial charge is 0.467 e. The molecule has 2 aromatic rings. The van der Waals surface area contributed by atoms with Crippen LogP contribution in [0.1, 0.15) is 29.0 Å². The molecule has 0 unspecified atom stereocenters. The van der Waals surface area contributed by atoms with Crippen LogP contribution in [0.2, 0.25) is 0 Å². The molecular formula is C18H20FN3O3. The normalized spacial score (nSPS) is 15.0. The second-order valence-electron chi connectivity index (χ2n) is 5.95. The van der Waals surface area contributed by atoms with Gasteiger partial charge in [-0.3, -0.25) is 4.79 Å². The zero-order valence-electron chi connectivity index (χ0n) is 13.7. The number of hydrogen-bond donors (Lipinski definition) is 2. The highest BCUT2D eigenvalue weighted by atomic mass is 19.1. The van der Waals surface area contributed by atoms with Crippen LogP contribution in [-0.2, 0) is 6.54 Å². The molecule has 1 saturated heterocycles. The fraction of sp³-hybridized carbons (Fsp3) is 0.333. The van der Waals surface area contributed by atoms with Gasteiger partial charge in [-0.1, -0.05) is 12.1 Å². The van der Waals surface area contributed by atoms with Crippen molar-refractivity contribution in [2.45, 2.75) is 25.4 Å². The molecule has 0 atom stereocenters. The van der Waals surface area contributed by atoms with Crippen molar-refractivity contribution < 1.29 is 18.4 Å². The number of carbonyl (C=O) groups is 2. The summed E-state index contributed by atoms with van der Waals surface area (Å²) >= 11 is 0. The lowest BCUT2D eigenvalue weighted by atomic mass is 10.0. The van der Waals surface area contributed by atoms with Crippen LogP contribution >= 0.6 is 0 Å². The van der Waals surface area contributed by atoms with Crippen molar-refractivity contribution in [2.24, 2.45) is 0 Å². The van der Waals surface area contributed by atoms with Crippen molar-refractivity contribution in [2.75, 3.05) is 13.1 Å². The van der Waals surface area contributed by atoms with Crippen LogP contribution in [-0.4, -0.2) is 36.0 Å². The molecule has 3 amide bonds. The molecule has 0 saturated carbocycles. The zero-order chi connectivity index (χ0) is 17.6. The van der Waals surface area contributed by atoms with Crippen LogP contribution in [0.25, 0.3) is 0 Å². The van der Waals surface area contributed by atoms with Crippen LogP contribution in [0.3, 0.4) is 0 Å². The summed E-state index contributed by atoms with van der Waals surface area (Å²) in [6, 6.07) is 9.24. The van der Waals surface area contributed by atoms with E-state index in [-0.39, 0.29) is 23.5 Å². The highest BCUT2D eigenvalue weighted by Gasteiger charge is 2.25. The summed E-state index contributed by atoms with van der Waals surface area (Å²) in [5.41, 5.74) is 0.0881. The van der Waals surface area contributed by atoms with Gasteiger partial charge in [-0.2, -0.15) is 0 Å². The quantitative estimate of drug-likeness (QED) is 0.894. The summed E-state index contributed by atoms with van der Waals surface area (Å²) in [5.74, 6) is -0.135. The van der Waals surface area contributed by atoms with Crippen LogP contribution in [0, 0.1) is 5.82 Å². The van der Waals surface area contributed by atoms with Gasteiger partial charge in [-0.25, -0.2) is 9.18 Å². The monoisotopic (exact) mass is 345 g/mol. The minimum Gasteiger partial charge on any atom is -0.467 e. The molecule has 6 nitrogen and oxygen atoms in total. The van der Waals surface area contributed by atoms with Crippen LogP contribution in [0.15, 0.2) is 47.1 Å². The lowest BCUT2D eigenvalue weighted by Crippen LogP contribution is -2.49. The number of piperidine rings is 1. The predicted octanol–water partition coefficient (Wildman–Crippen LogP) is 2.52. The van der Waals surface area contributed by atoms with E-state index in [0.717, 1.165) is 0 Å². The second-order valence-corrected chi connectivity index (χ2v) is 5.95. The highest BCUT2D eigenvalue weighted by Crippen LogP contribution is 2.16. The first-order valence-corrected chi connectivity index (χ1v) is 8.24. The molecule has 1 aromatic heterocycles. The number of furan rings is 1. The summed E-state index contributed by atoms with van der Waals surface area (Å²) < 4.78 is 18.9. The van der Waals surface area contributed by atoms with Crippen molar-refractivity contribution in [3.8, 4) is 0 Å². The van der Waals surface area contributed by atoms with Crippen molar-refractivity contribution in [1.29, 1.82) is 0 Å². The predicted molar refractivity (Wildman–Crippen MR) is 89.4 cm³/mol. The number of nitrogens with one attached hydrogen (secondary N) is 2. The highest BCUT2D eigenvalue weighted by molar-refractivity contribution is 5.94. The molecule has 1 aliphatic rings. The number of urea groups is 1. The molecule has 2 N–H and O–H groups in total. The average Bonchev–Trinajstić information content (AvgIpc) is 3.14. The molecule has 0 bridgehead atoms. The van der Waals surface area contributed by atoms with Crippen LogP contribution in [0.5, 0.6) is 0 Å².